The Morgan fingerprint density at radius 1 is 0.643 bits per heavy atom. The Labute approximate surface area is 347 Å². The maximum atomic E-state index is 12.6. The van der Waals surface area contributed by atoms with Crippen molar-refractivity contribution in [2.45, 2.75) is 18.7 Å². The van der Waals surface area contributed by atoms with Crippen LogP contribution >= 0.6 is 0 Å². The summed E-state index contributed by atoms with van der Waals surface area (Å²) in [6.07, 6.45) is 0. The molecule has 0 atom stereocenters. The number of nitrogens with zero attached hydrogens (tertiary/aromatic N) is 8. The topological polar surface area (TPSA) is 318 Å². The third-order valence-electron chi connectivity index (χ3n) is 7.34. The van der Waals surface area contributed by atoms with Crippen molar-refractivity contribution >= 4 is 44.1 Å². The van der Waals surface area contributed by atoms with E-state index in [1.165, 1.54) is 35.9 Å². The van der Waals surface area contributed by atoms with Crippen molar-refractivity contribution in [1.82, 2.24) is 19.6 Å². The van der Waals surface area contributed by atoms with Crippen LogP contribution in [0.4, 0.5) is 34.1 Å². The minimum Gasteiger partial charge on any atom is -0.871 e. The first-order valence-corrected chi connectivity index (χ1v) is 16.7. The summed E-state index contributed by atoms with van der Waals surface area (Å²) in [6, 6.07) is 20.2. The monoisotopic (exact) mass is 830 g/mol. The number of H-pyrrole nitrogens is 2. The Hall–Kier alpha value is -6.06. The largest absolute Gasteiger partial charge is 3.00 e. The number of nitrogens with one attached hydrogen (secondary N) is 2. The van der Waals surface area contributed by atoms with Crippen LogP contribution in [-0.2, 0) is 27.4 Å². The van der Waals surface area contributed by atoms with Crippen LogP contribution in [0.2, 0.25) is 0 Å². The first-order chi connectivity index (χ1) is 25.5. The molecule has 0 unspecified atom stereocenters. The molecule has 0 saturated heterocycles. The van der Waals surface area contributed by atoms with Crippen LogP contribution in [0.5, 0.6) is 11.5 Å². The van der Waals surface area contributed by atoms with Gasteiger partial charge in [0.1, 0.15) is 0 Å². The third-order valence-corrected chi connectivity index (χ3v) is 8.27. The average Bonchev–Trinajstić information content (AvgIpc) is 3.59. The summed E-state index contributed by atoms with van der Waals surface area (Å²) in [5.41, 5.74) is -0.563. The van der Waals surface area contributed by atoms with E-state index < -0.39 is 42.5 Å². The van der Waals surface area contributed by atoms with Gasteiger partial charge >= 0.3 is 46.9 Å². The van der Waals surface area contributed by atoms with Crippen molar-refractivity contribution < 1.29 is 75.4 Å². The van der Waals surface area contributed by atoms with E-state index in [1.807, 2.05) is 6.07 Å². The van der Waals surface area contributed by atoms with Gasteiger partial charge in [-0.25, -0.2) is 22.9 Å². The predicted molar refractivity (Wildman–Crippen MR) is 187 cm³/mol. The van der Waals surface area contributed by atoms with Gasteiger partial charge in [-0.05, 0) is 50.2 Å². The molecule has 6 rings (SSSR count). The van der Waals surface area contributed by atoms with E-state index in [4.69, 9.17) is 5.14 Å². The number of para-hydroxylation sites is 1. The molecule has 21 nitrogen and oxygen atoms in total. The molecule has 2 heterocycles. The first-order valence-electron chi connectivity index (χ1n) is 15.1. The molecule has 0 bridgehead atoms. The quantitative estimate of drug-likeness (QED) is 0.0814. The molecule has 4 aromatic carbocycles. The van der Waals surface area contributed by atoms with Gasteiger partial charge < -0.3 is 10.2 Å². The number of rotatable bonds is 9. The Balaban J connectivity index is 0.000000293. The molecule has 0 amide bonds. The van der Waals surface area contributed by atoms with Crippen molar-refractivity contribution in [3.8, 4) is 22.9 Å². The molecule has 0 fully saturated rings. The number of nitrogens with two attached hydrogens (primary N) is 1. The molecule has 0 aliphatic carbocycles. The standard InChI is InChI=1S/C16H14N6O6S.C16H13N5O4.Cr.Na/c1-9-15(19-18-13-8-11(22(25)26)4-7-14(13)23)16(24)21(20-9)10-2-5-12(6-3-10)29(17,27)28;1-10-15(16(23)20(19-10)11-5-3-2-4-6-11)18-17-13-9-12(21(24)25)7-8-14(13)22;;/h2-8,20,23H,1H3,(H2,17,27,28);2-9,19,22H,1H3;;/q;;+3;+1/p-2. The van der Waals surface area contributed by atoms with Gasteiger partial charge in [-0.2, -0.15) is 10.2 Å². The predicted octanol–water partition coefficient (Wildman–Crippen LogP) is 1.39. The van der Waals surface area contributed by atoms with Crippen molar-refractivity contribution in [3.05, 3.63) is 143 Å². The van der Waals surface area contributed by atoms with Gasteiger partial charge in [0.25, 0.3) is 22.5 Å². The van der Waals surface area contributed by atoms with E-state index >= 15 is 0 Å². The Morgan fingerprint density at radius 2 is 1.04 bits per heavy atom. The number of non-ortho nitro benzene ring substituents is 2. The molecule has 4 N–H and O–H groups in total. The molecule has 24 heteroatoms. The van der Waals surface area contributed by atoms with Crippen LogP contribution in [0, 0.1) is 34.1 Å². The van der Waals surface area contributed by atoms with Crippen LogP contribution < -0.4 is 56.0 Å². The number of aromatic nitrogens is 4. The number of sulfonamides is 1. The second kappa shape index (κ2) is 18.5. The number of azo groups is 2. The Morgan fingerprint density at radius 3 is 1.41 bits per heavy atom. The third kappa shape index (κ3) is 10.2. The minimum absolute atomic E-state index is 0. The maximum Gasteiger partial charge on any atom is 3.00 e. The van der Waals surface area contributed by atoms with Gasteiger partial charge in [0.05, 0.1) is 48.9 Å². The van der Waals surface area contributed by atoms with Crippen LogP contribution in [0.15, 0.2) is 126 Å². The van der Waals surface area contributed by atoms with Gasteiger partial charge in [-0.1, -0.05) is 41.8 Å². The zero-order valence-corrected chi connectivity index (χ0v) is 33.3. The summed E-state index contributed by atoms with van der Waals surface area (Å²) >= 11 is 0. The van der Waals surface area contributed by atoms with Crippen LogP contribution in [-0.4, -0.2) is 37.8 Å². The van der Waals surface area contributed by atoms with Crippen molar-refractivity contribution in [1.29, 1.82) is 0 Å². The molecule has 0 spiro atoms. The molecule has 0 aliphatic heterocycles. The van der Waals surface area contributed by atoms with Gasteiger partial charge in [-0.3, -0.25) is 40.0 Å². The average molecular weight is 831 g/mol. The summed E-state index contributed by atoms with van der Waals surface area (Å²) in [5.74, 6) is -1.11. The van der Waals surface area contributed by atoms with E-state index in [0.717, 1.165) is 41.1 Å². The van der Waals surface area contributed by atoms with Gasteiger partial charge in [0.2, 0.25) is 10.0 Å². The van der Waals surface area contributed by atoms with E-state index in [9.17, 15) is 48.4 Å². The maximum absolute atomic E-state index is 12.6. The summed E-state index contributed by atoms with van der Waals surface area (Å²) in [5, 5.41) is 70.8. The number of hydrogen-bond acceptors (Lipinski definition) is 14. The van der Waals surface area contributed by atoms with Gasteiger partial charge in [0, 0.05) is 24.3 Å². The minimum atomic E-state index is -3.88. The molecular weight excluding hydrogens is 805 g/mol. The fraction of sp³-hybridized carbons (Fsp3) is 0.0625. The number of aryl methyl sites for hydroxylation is 2. The molecule has 279 valence electrons. The van der Waals surface area contributed by atoms with E-state index in [2.05, 4.69) is 30.7 Å². The van der Waals surface area contributed by atoms with Gasteiger partial charge in [0.15, 0.2) is 11.4 Å². The van der Waals surface area contributed by atoms with E-state index in [0.29, 0.717) is 22.8 Å². The molecule has 1 radical (unpaired) electrons. The van der Waals surface area contributed by atoms with Crippen LogP contribution in [0.3, 0.4) is 0 Å². The molecule has 56 heavy (non-hydrogen) atoms. The summed E-state index contributed by atoms with van der Waals surface area (Å²) in [7, 11) is -3.88. The van der Waals surface area contributed by atoms with Crippen LogP contribution in [0.1, 0.15) is 11.4 Å². The normalized spacial score (nSPS) is 11.1. The zero-order chi connectivity index (χ0) is 39.3. The van der Waals surface area contributed by atoms with E-state index in [-0.39, 0.29) is 85.9 Å². The molecule has 2 aromatic heterocycles. The summed E-state index contributed by atoms with van der Waals surface area (Å²) < 4.78 is 25.1. The fourth-order valence-corrected chi connectivity index (χ4v) is 5.15. The Bertz CT molecular complexity index is 2690. The SMILES string of the molecule is Cc1[nH]n(-c2ccc(S(N)(=O)=O)cc2)c(=O)c1N=Nc1cc([N+](=O)[O-])ccc1[O-].Cc1[nH]n(-c2ccccc2)c(=O)c1N=Nc1cc([N+](=O)[O-])ccc1[O-].[Cr+3].[Na+]. The van der Waals surface area contributed by atoms with Gasteiger partial charge in [-0.15, -0.1) is 10.2 Å². The number of primary sulfonamides is 1. The summed E-state index contributed by atoms with van der Waals surface area (Å²) in [6.45, 7) is 3.18. The van der Waals surface area contributed by atoms with E-state index in [1.54, 1.807) is 31.2 Å². The fourth-order valence-electron chi connectivity index (χ4n) is 4.64. The number of hydrogen-bond donors (Lipinski definition) is 3. The van der Waals surface area contributed by atoms with Crippen molar-refractivity contribution in [3.63, 3.8) is 0 Å². The number of nitro groups is 2. The smallest absolute Gasteiger partial charge is 0.871 e. The number of benzene rings is 4. The Kier molecular flexibility index (Phi) is 14.7. The first kappa shape index (κ1) is 44.3. The second-order valence-electron chi connectivity index (χ2n) is 11.0. The molecule has 0 aliphatic rings. The summed E-state index contributed by atoms with van der Waals surface area (Å²) in [4.78, 5) is 45.2. The number of aromatic amines is 2. The zero-order valence-electron chi connectivity index (χ0n) is 29.2. The second-order valence-corrected chi connectivity index (χ2v) is 12.6. The van der Waals surface area contributed by atoms with Crippen molar-refractivity contribution in [2.75, 3.05) is 0 Å². The molecule has 0 saturated carbocycles. The van der Waals surface area contributed by atoms with Crippen molar-refractivity contribution in [2.24, 2.45) is 25.6 Å². The molecule has 6 aromatic rings. The van der Waals surface area contributed by atoms with Crippen LogP contribution in [0.25, 0.3) is 11.4 Å². The number of nitro benzene ring substituents is 2. The molecular formula is C32H25CrN11NaO10S+2.